The Hall–Kier alpha value is -1.11. The van der Waals surface area contributed by atoms with E-state index in [4.69, 9.17) is 5.73 Å². The molecule has 1 saturated heterocycles. The van der Waals surface area contributed by atoms with Gasteiger partial charge in [0.1, 0.15) is 0 Å². The summed E-state index contributed by atoms with van der Waals surface area (Å²) in [6.07, 6.45) is 0.384. The SMILES string of the molecule is Cl.Cl.NC(CC(=O)N1CCN(Cc2cccs2)CC1)c1ccccc1. The Labute approximate surface area is 165 Å². The van der Waals surface area contributed by atoms with E-state index < -0.39 is 0 Å². The van der Waals surface area contributed by atoms with E-state index in [9.17, 15) is 4.79 Å². The molecule has 0 saturated carbocycles. The fourth-order valence-corrected chi connectivity index (χ4v) is 3.66. The second-order valence-electron chi connectivity index (χ2n) is 5.96. The number of carbonyl (C=O) groups excluding carboxylic acids is 1. The third-order valence-corrected chi connectivity index (χ3v) is 5.17. The number of halogens is 2. The van der Waals surface area contributed by atoms with Gasteiger partial charge in [-0.3, -0.25) is 9.69 Å². The lowest BCUT2D eigenvalue weighted by Gasteiger charge is -2.35. The van der Waals surface area contributed by atoms with Crippen molar-refractivity contribution in [1.29, 1.82) is 0 Å². The Bertz CT molecular complexity index is 617. The predicted molar refractivity (Wildman–Crippen MR) is 109 cm³/mol. The highest BCUT2D eigenvalue weighted by molar-refractivity contribution is 7.09. The second kappa shape index (κ2) is 10.8. The molecular formula is C18H25Cl2N3OS. The number of benzene rings is 1. The van der Waals surface area contributed by atoms with Crippen LogP contribution in [0.15, 0.2) is 47.8 Å². The van der Waals surface area contributed by atoms with Gasteiger partial charge >= 0.3 is 0 Å². The summed E-state index contributed by atoms with van der Waals surface area (Å²) < 4.78 is 0. The largest absolute Gasteiger partial charge is 0.340 e. The number of nitrogens with two attached hydrogens (primary N) is 1. The molecule has 2 heterocycles. The third-order valence-electron chi connectivity index (χ3n) is 4.31. The van der Waals surface area contributed by atoms with Crippen molar-refractivity contribution < 1.29 is 4.79 Å². The van der Waals surface area contributed by atoms with Crippen molar-refractivity contribution in [2.75, 3.05) is 26.2 Å². The molecule has 2 N–H and O–H groups in total. The van der Waals surface area contributed by atoms with E-state index in [0.717, 1.165) is 38.3 Å². The van der Waals surface area contributed by atoms with Crippen LogP contribution in [-0.4, -0.2) is 41.9 Å². The number of amides is 1. The first-order chi connectivity index (χ1) is 11.2. The molecule has 1 unspecified atom stereocenters. The maximum atomic E-state index is 12.4. The minimum Gasteiger partial charge on any atom is -0.340 e. The summed E-state index contributed by atoms with van der Waals surface area (Å²) in [7, 11) is 0. The van der Waals surface area contributed by atoms with E-state index in [2.05, 4.69) is 22.4 Å². The molecule has 1 aromatic carbocycles. The van der Waals surface area contributed by atoms with Crippen LogP contribution in [0.3, 0.4) is 0 Å². The van der Waals surface area contributed by atoms with Crippen LogP contribution in [0.5, 0.6) is 0 Å². The van der Waals surface area contributed by atoms with Crippen molar-refractivity contribution >= 4 is 42.1 Å². The summed E-state index contributed by atoms with van der Waals surface area (Å²) in [6.45, 7) is 4.45. The van der Waals surface area contributed by atoms with Crippen LogP contribution in [0, 0.1) is 0 Å². The molecule has 0 radical (unpaired) electrons. The van der Waals surface area contributed by atoms with Crippen molar-refractivity contribution in [3.05, 3.63) is 58.3 Å². The zero-order chi connectivity index (χ0) is 16.1. The van der Waals surface area contributed by atoms with E-state index in [-0.39, 0.29) is 36.8 Å². The number of thiophene rings is 1. The van der Waals surface area contributed by atoms with Crippen molar-refractivity contribution in [3.8, 4) is 0 Å². The molecule has 0 spiro atoms. The number of carbonyl (C=O) groups is 1. The molecule has 25 heavy (non-hydrogen) atoms. The van der Waals surface area contributed by atoms with Crippen LogP contribution in [0.25, 0.3) is 0 Å². The number of hydrogen-bond donors (Lipinski definition) is 1. The molecule has 0 bridgehead atoms. The first-order valence-electron chi connectivity index (χ1n) is 8.05. The minimum atomic E-state index is -0.215. The lowest BCUT2D eigenvalue weighted by Crippen LogP contribution is -2.48. The maximum absolute atomic E-state index is 12.4. The average molecular weight is 402 g/mol. The topological polar surface area (TPSA) is 49.6 Å². The molecule has 0 aliphatic carbocycles. The molecule has 1 aliphatic rings. The Morgan fingerprint density at radius 2 is 1.72 bits per heavy atom. The zero-order valence-electron chi connectivity index (χ0n) is 14.0. The molecule has 4 nitrogen and oxygen atoms in total. The van der Waals surface area contributed by atoms with Crippen LogP contribution in [0.2, 0.25) is 0 Å². The van der Waals surface area contributed by atoms with E-state index in [1.165, 1.54) is 4.88 Å². The molecule has 2 aromatic rings. The second-order valence-corrected chi connectivity index (χ2v) is 6.99. The molecular weight excluding hydrogens is 377 g/mol. The molecule has 1 aliphatic heterocycles. The van der Waals surface area contributed by atoms with Gasteiger partial charge in [-0.05, 0) is 17.0 Å². The van der Waals surface area contributed by atoms with Crippen LogP contribution >= 0.6 is 36.2 Å². The molecule has 1 fully saturated rings. The Balaban J connectivity index is 0.00000156. The smallest absolute Gasteiger partial charge is 0.224 e. The van der Waals surface area contributed by atoms with Crippen molar-refractivity contribution in [3.63, 3.8) is 0 Å². The fourth-order valence-electron chi connectivity index (χ4n) is 2.91. The number of piperazine rings is 1. The summed E-state index contributed by atoms with van der Waals surface area (Å²) >= 11 is 1.79. The molecule has 138 valence electrons. The molecule has 1 aromatic heterocycles. The summed E-state index contributed by atoms with van der Waals surface area (Å²) in [5.74, 6) is 0.164. The molecule has 1 atom stereocenters. The Morgan fingerprint density at radius 1 is 1.04 bits per heavy atom. The third kappa shape index (κ3) is 6.28. The average Bonchev–Trinajstić information content (AvgIpc) is 3.09. The standard InChI is InChI=1S/C18H23N3OS.2ClH/c19-17(15-5-2-1-3-6-15)13-18(22)21-10-8-20(9-11-21)14-16-7-4-12-23-16;;/h1-7,12,17H,8-11,13-14,19H2;2*1H. The summed E-state index contributed by atoms with van der Waals surface area (Å²) in [6, 6.07) is 13.9. The molecule has 1 amide bonds. The van der Waals surface area contributed by atoms with Gasteiger partial charge in [0.15, 0.2) is 0 Å². The van der Waals surface area contributed by atoms with Crippen LogP contribution in [-0.2, 0) is 11.3 Å². The summed E-state index contributed by atoms with van der Waals surface area (Å²) in [4.78, 5) is 18.2. The monoisotopic (exact) mass is 401 g/mol. The quantitative estimate of drug-likeness (QED) is 0.835. The van der Waals surface area contributed by atoms with Gasteiger partial charge in [-0.25, -0.2) is 0 Å². The highest BCUT2D eigenvalue weighted by Gasteiger charge is 2.23. The van der Waals surface area contributed by atoms with Crippen molar-refractivity contribution in [2.45, 2.75) is 19.0 Å². The number of rotatable bonds is 5. The predicted octanol–water partition coefficient (Wildman–Crippen LogP) is 3.33. The van der Waals surface area contributed by atoms with Gasteiger partial charge in [0.05, 0.1) is 0 Å². The van der Waals surface area contributed by atoms with Gasteiger partial charge in [0.25, 0.3) is 0 Å². The first-order valence-corrected chi connectivity index (χ1v) is 8.93. The van der Waals surface area contributed by atoms with Gasteiger partial charge < -0.3 is 10.6 Å². The zero-order valence-corrected chi connectivity index (χ0v) is 16.5. The summed E-state index contributed by atoms with van der Waals surface area (Å²) in [5, 5.41) is 2.11. The number of nitrogens with zero attached hydrogens (tertiary/aromatic N) is 2. The molecule has 3 rings (SSSR count). The van der Waals surface area contributed by atoms with E-state index in [1.54, 1.807) is 11.3 Å². The van der Waals surface area contributed by atoms with Gasteiger partial charge in [0.2, 0.25) is 5.91 Å². The van der Waals surface area contributed by atoms with Crippen LogP contribution in [0.1, 0.15) is 22.9 Å². The van der Waals surface area contributed by atoms with Gasteiger partial charge in [-0.2, -0.15) is 0 Å². The van der Waals surface area contributed by atoms with E-state index in [0.29, 0.717) is 6.42 Å². The first kappa shape index (κ1) is 21.9. The van der Waals surface area contributed by atoms with E-state index >= 15 is 0 Å². The van der Waals surface area contributed by atoms with Crippen LogP contribution < -0.4 is 5.73 Å². The Morgan fingerprint density at radius 3 is 2.32 bits per heavy atom. The highest BCUT2D eigenvalue weighted by atomic mass is 35.5. The number of hydrogen-bond acceptors (Lipinski definition) is 4. The lowest BCUT2D eigenvalue weighted by atomic mass is 10.0. The van der Waals surface area contributed by atoms with Crippen molar-refractivity contribution in [2.24, 2.45) is 5.73 Å². The summed E-state index contributed by atoms with van der Waals surface area (Å²) in [5.41, 5.74) is 7.19. The van der Waals surface area contributed by atoms with Crippen LogP contribution in [0.4, 0.5) is 0 Å². The highest BCUT2D eigenvalue weighted by Crippen LogP contribution is 2.17. The van der Waals surface area contributed by atoms with Crippen molar-refractivity contribution in [1.82, 2.24) is 9.80 Å². The lowest BCUT2D eigenvalue weighted by molar-refractivity contribution is -0.133. The maximum Gasteiger partial charge on any atom is 0.224 e. The molecule has 7 heteroatoms. The minimum absolute atomic E-state index is 0. The van der Waals surface area contributed by atoms with E-state index in [1.807, 2.05) is 35.2 Å². The van der Waals surface area contributed by atoms with Gasteiger partial charge in [0, 0.05) is 50.1 Å². The van der Waals surface area contributed by atoms with Gasteiger partial charge in [-0.15, -0.1) is 36.2 Å². The van der Waals surface area contributed by atoms with Gasteiger partial charge in [-0.1, -0.05) is 36.4 Å². The fraction of sp³-hybridized carbons (Fsp3) is 0.389. The normalized spacial score (nSPS) is 15.8. The Kier molecular flexibility index (Phi) is 9.46.